The van der Waals surface area contributed by atoms with Crippen LogP contribution in [0.3, 0.4) is 0 Å². The Balaban J connectivity index is 1.54. The highest BCUT2D eigenvalue weighted by molar-refractivity contribution is 6.07. The van der Waals surface area contributed by atoms with Crippen molar-refractivity contribution in [3.8, 4) is 5.69 Å². The molecule has 1 fully saturated rings. The third kappa shape index (κ3) is 4.00. The van der Waals surface area contributed by atoms with Gasteiger partial charge in [0.05, 0.1) is 22.3 Å². The number of rotatable bonds is 7. The van der Waals surface area contributed by atoms with Gasteiger partial charge in [0.15, 0.2) is 5.65 Å². The highest BCUT2D eigenvalue weighted by atomic mass is 19.1. The van der Waals surface area contributed by atoms with E-state index in [-0.39, 0.29) is 11.7 Å². The summed E-state index contributed by atoms with van der Waals surface area (Å²) in [7, 11) is 0. The molecule has 162 valence electrons. The third-order valence-corrected chi connectivity index (χ3v) is 5.90. The van der Waals surface area contributed by atoms with Crippen molar-refractivity contribution in [3.63, 3.8) is 0 Å². The topological polar surface area (TPSA) is 59.8 Å². The number of nitrogens with one attached hydrogen (secondary N) is 1. The molecular weight excluding hydrogens is 403 g/mol. The maximum atomic E-state index is 13.5. The minimum Gasteiger partial charge on any atom is -0.352 e. The Labute approximate surface area is 186 Å². The first-order valence-electron chi connectivity index (χ1n) is 11.1. The van der Waals surface area contributed by atoms with Crippen molar-refractivity contribution in [2.24, 2.45) is 0 Å². The maximum absolute atomic E-state index is 13.5. The summed E-state index contributed by atoms with van der Waals surface area (Å²) < 4.78 is 15.2. The van der Waals surface area contributed by atoms with Crippen molar-refractivity contribution in [1.82, 2.24) is 20.1 Å². The second kappa shape index (κ2) is 8.54. The standard InChI is InChI=1S/C26H25FN4O/c1-2-20-16-22(26(32)28-15-14-17-6-4-3-5-7-17)23-24(18-8-9-18)30-31(25(23)29-20)21-12-10-19(27)11-13-21/h3-7,10-13,16,18H,2,8-9,14-15H2,1H3,(H,28,32). The van der Waals surface area contributed by atoms with E-state index in [1.165, 1.54) is 17.7 Å². The molecule has 4 aromatic rings. The van der Waals surface area contributed by atoms with Gasteiger partial charge in [-0.3, -0.25) is 4.79 Å². The van der Waals surface area contributed by atoms with Crippen LogP contribution in [0.15, 0.2) is 60.7 Å². The lowest BCUT2D eigenvalue weighted by molar-refractivity contribution is 0.0955. The zero-order valence-electron chi connectivity index (χ0n) is 18.0. The van der Waals surface area contributed by atoms with Gasteiger partial charge in [-0.05, 0) is 61.6 Å². The van der Waals surface area contributed by atoms with Crippen LogP contribution < -0.4 is 5.32 Å². The van der Waals surface area contributed by atoms with Crippen molar-refractivity contribution in [2.45, 2.75) is 38.5 Å². The molecule has 0 unspecified atom stereocenters. The fourth-order valence-electron chi connectivity index (χ4n) is 4.02. The SMILES string of the molecule is CCc1cc(C(=O)NCCc2ccccc2)c2c(C3CC3)nn(-c3ccc(F)cc3)c2n1. The summed E-state index contributed by atoms with van der Waals surface area (Å²) in [4.78, 5) is 18.1. The van der Waals surface area contributed by atoms with Gasteiger partial charge >= 0.3 is 0 Å². The van der Waals surface area contributed by atoms with E-state index >= 15 is 0 Å². The fraction of sp³-hybridized carbons (Fsp3) is 0.269. The number of fused-ring (bicyclic) bond motifs is 1. The molecule has 32 heavy (non-hydrogen) atoms. The molecule has 1 aliphatic carbocycles. The molecule has 1 N–H and O–H groups in total. The lowest BCUT2D eigenvalue weighted by Crippen LogP contribution is -2.26. The number of nitrogens with zero attached hydrogens (tertiary/aromatic N) is 3. The first-order chi connectivity index (χ1) is 15.6. The van der Waals surface area contributed by atoms with E-state index in [0.717, 1.165) is 41.7 Å². The summed E-state index contributed by atoms with van der Waals surface area (Å²) in [5.74, 6) is -0.0683. The van der Waals surface area contributed by atoms with Gasteiger partial charge in [-0.1, -0.05) is 37.3 Å². The average Bonchev–Trinajstić information content (AvgIpc) is 3.60. The molecule has 2 aromatic carbocycles. The summed E-state index contributed by atoms with van der Waals surface area (Å²) >= 11 is 0. The van der Waals surface area contributed by atoms with Crippen molar-refractivity contribution in [2.75, 3.05) is 6.54 Å². The van der Waals surface area contributed by atoms with Gasteiger partial charge in [0, 0.05) is 18.2 Å². The normalized spacial score (nSPS) is 13.4. The molecule has 5 nitrogen and oxygen atoms in total. The van der Waals surface area contributed by atoms with Crippen LogP contribution >= 0.6 is 0 Å². The van der Waals surface area contributed by atoms with Crippen molar-refractivity contribution in [1.29, 1.82) is 0 Å². The highest BCUT2D eigenvalue weighted by Crippen LogP contribution is 2.43. The van der Waals surface area contributed by atoms with E-state index in [1.807, 2.05) is 31.2 Å². The molecular formula is C26H25FN4O. The van der Waals surface area contributed by atoms with Gasteiger partial charge in [0.2, 0.25) is 0 Å². The van der Waals surface area contributed by atoms with Gasteiger partial charge in [0.1, 0.15) is 5.82 Å². The molecule has 1 aliphatic rings. The van der Waals surface area contributed by atoms with Crippen LogP contribution in [-0.4, -0.2) is 27.2 Å². The maximum Gasteiger partial charge on any atom is 0.252 e. The van der Waals surface area contributed by atoms with Crippen LogP contribution in [0.25, 0.3) is 16.7 Å². The Morgan fingerprint density at radius 1 is 1.12 bits per heavy atom. The molecule has 5 rings (SSSR count). The van der Waals surface area contributed by atoms with Gasteiger partial charge in [0.25, 0.3) is 5.91 Å². The van der Waals surface area contributed by atoms with Crippen LogP contribution in [0.1, 0.15) is 53.0 Å². The predicted octanol–water partition coefficient (Wildman–Crippen LogP) is 4.97. The molecule has 6 heteroatoms. The summed E-state index contributed by atoms with van der Waals surface area (Å²) in [6.07, 6.45) is 3.58. The predicted molar refractivity (Wildman–Crippen MR) is 123 cm³/mol. The molecule has 0 bridgehead atoms. The summed E-state index contributed by atoms with van der Waals surface area (Å²) in [6, 6.07) is 18.2. The number of hydrogen-bond donors (Lipinski definition) is 1. The molecule has 0 radical (unpaired) electrons. The molecule has 0 saturated heterocycles. The minimum absolute atomic E-state index is 0.108. The lowest BCUT2D eigenvalue weighted by Gasteiger charge is -2.10. The Morgan fingerprint density at radius 2 is 1.88 bits per heavy atom. The quantitative estimate of drug-likeness (QED) is 0.452. The fourth-order valence-corrected chi connectivity index (χ4v) is 4.02. The van der Waals surface area contributed by atoms with Crippen LogP contribution in [0.5, 0.6) is 0 Å². The third-order valence-electron chi connectivity index (χ3n) is 5.90. The van der Waals surface area contributed by atoms with Crippen LogP contribution in [0, 0.1) is 5.82 Å². The second-order valence-corrected chi connectivity index (χ2v) is 8.25. The monoisotopic (exact) mass is 428 g/mol. The zero-order chi connectivity index (χ0) is 22.1. The molecule has 1 amide bonds. The second-order valence-electron chi connectivity index (χ2n) is 8.25. The number of carbonyl (C=O) groups excluding carboxylic acids is 1. The van der Waals surface area contributed by atoms with Crippen LogP contribution in [0.2, 0.25) is 0 Å². The molecule has 0 spiro atoms. The Hall–Kier alpha value is -3.54. The van der Waals surface area contributed by atoms with E-state index in [9.17, 15) is 9.18 Å². The van der Waals surface area contributed by atoms with Crippen molar-refractivity contribution in [3.05, 3.63) is 89.0 Å². The first kappa shape index (κ1) is 20.4. The number of benzene rings is 2. The van der Waals surface area contributed by atoms with Gasteiger partial charge in [-0.2, -0.15) is 5.10 Å². The molecule has 0 atom stereocenters. The smallest absolute Gasteiger partial charge is 0.252 e. The Bertz CT molecular complexity index is 1260. The van der Waals surface area contributed by atoms with Gasteiger partial charge < -0.3 is 5.32 Å². The van der Waals surface area contributed by atoms with E-state index in [4.69, 9.17) is 10.1 Å². The van der Waals surface area contributed by atoms with Crippen molar-refractivity contribution >= 4 is 16.9 Å². The number of carbonyl (C=O) groups is 1. The number of amides is 1. The van der Waals surface area contributed by atoms with Gasteiger partial charge in [-0.25, -0.2) is 14.1 Å². The molecule has 0 aliphatic heterocycles. The summed E-state index contributed by atoms with van der Waals surface area (Å²) in [6.45, 7) is 2.57. The number of aryl methyl sites for hydroxylation is 1. The lowest BCUT2D eigenvalue weighted by atomic mass is 10.1. The minimum atomic E-state index is -0.298. The van der Waals surface area contributed by atoms with Crippen LogP contribution in [0.4, 0.5) is 4.39 Å². The van der Waals surface area contributed by atoms with Gasteiger partial charge in [-0.15, -0.1) is 0 Å². The molecule has 2 heterocycles. The Morgan fingerprint density at radius 3 is 2.56 bits per heavy atom. The molecule has 2 aromatic heterocycles. The first-order valence-corrected chi connectivity index (χ1v) is 11.1. The summed E-state index contributed by atoms with van der Waals surface area (Å²) in [5.41, 5.74) is 4.94. The molecule has 1 saturated carbocycles. The highest BCUT2D eigenvalue weighted by Gasteiger charge is 2.32. The zero-order valence-corrected chi connectivity index (χ0v) is 18.0. The van der Waals surface area contributed by atoms with E-state index in [0.29, 0.717) is 30.1 Å². The largest absolute Gasteiger partial charge is 0.352 e. The van der Waals surface area contributed by atoms with E-state index < -0.39 is 0 Å². The van der Waals surface area contributed by atoms with Crippen molar-refractivity contribution < 1.29 is 9.18 Å². The average molecular weight is 429 g/mol. The number of halogens is 1. The number of pyridine rings is 1. The van der Waals surface area contributed by atoms with E-state index in [1.54, 1.807) is 16.8 Å². The Kier molecular flexibility index (Phi) is 5.43. The summed E-state index contributed by atoms with van der Waals surface area (Å²) in [5, 5.41) is 8.74. The number of aromatic nitrogens is 3. The van der Waals surface area contributed by atoms with E-state index in [2.05, 4.69) is 17.4 Å². The van der Waals surface area contributed by atoms with Crippen LogP contribution in [-0.2, 0) is 12.8 Å². The number of hydrogen-bond acceptors (Lipinski definition) is 3.